The largest absolute Gasteiger partial charge is 0.389 e. The highest BCUT2D eigenvalue weighted by Crippen LogP contribution is 2.27. The fourth-order valence-corrected chi connectivity index (χ4v) is 3.89. The summed E-state index contributed by atoms with van der Waals surface area (Å²) in [4.78, 5) is 12.8. The van der Waals surface area contributed by atoms with Gasteiger partial charge in [-0.3, -0.25) is 9.13 Å². The Morgan fingerprint density at radius 2 is 1.34 bits per heavy atom. The molecule has 1 atom stereocenters. The number of halogens is 2. The minimum atomic E-state index is -0.966. The van der Waals surface area contributed by atoms with Crippen LogP contribution in [0.15, 0.2) is 77.6 Å². The van der Waals surface area contributed by atoms with E-state index in [1.807, 2.05) is 31.2 Å². The minimum Gasteiger partial charge on any atom is -0.389 e. The van der Waals surface area contributed by atoms with Crippen LogP contribution in [0.25, 0.3) is 11.0 Å². The first kappa shape index (κ1) is 21.9. The number of aliphatic hydroxyl groups excluding tert-OH is 1. The Kier molecular flexibility index (Phi) is 6.48. The molecule has 0 fully saturated rings. The van der Waals surface area contributed by atoms with Crippen LogP contribution in [-0.2, 0) is 17.8 Å². The molecule has 0 spiro atoms. The summed E-state index contributed by atoms with van der Waals surface area (Å²) in [5.41, 5.74) is 2.70. The second-order valence-electron chi connectivity index (χ2n) is 7.60. The number of hydrogen-bond donors (Lipinski definition) is 1. The van der Waals surface area contributed by atoms with Crippen molar-refractivity contribution >= 4 is 11.0 Å². The summed E-state index contributed by atoms with van der Waals surface area (Å²) in [5, 5.41) is 10.7. The number of benzene rings is 3. The summed E-state index contributed by atoms with van der Waals surface area (Å²) in [7, 11) is 0. The van der Waals surface area contributed by atoms with Crippen LogP contribution in [0, 0.1) is 11.6 Å². The molecule has 0 aliphatic rings. The fourth-order valence-electron chi connectivity index (χ4n) is 3.89. The lowest BCUT2D eigenvalue weighted by atomic mass is 10.0. The average Bonchev–Trinajstić information content (AvgIpc) is 3.07. The lowest BCUT2D eigenvalue weighted by molar-refractivity contribution is -0.000583. The van der Waals surface area contributed by atoms with Crippen LogP contribution in [0.4, 0.5) is 8.78 Å². The van der Waals surface area contributed by atoms with Crippen LogP contribution < -0.4 is 5.69 Å². The van der Waals surface area contributed by atoms with Crippen LogP contribution >= 0.6 is 0 Å². The van der Waals surface area contributed by atoms with E-state index in [0.717, 1.165) is 11.0 Å². The predicted molar refractivity (Wildman–Crippen MR) is 118 cm³/mol. The number of hydrogen-bond acceptors (Lipinski definition) is 3. The van der Waals surface area contributed by atoms with E-state index in [1.165, 1.54) is 28.8 Å². The Balaban J connectivity index is 1.55. The first-order valence-electron chi connectivity index (χ1n) is 10.5. The van der Waals surface area contributed by atoms with Crippen molar-refractivity contribution in [3.8, 4) is 0 Å². The van der Waals surface area contributed by atoms with Crippen molar-refractivity contribution in [2.75, 3.05) is 6.61 Å². The van der Waals surface area contributed by atoms with Gasteiger partial charge in [0.25, 0.3) is 0 Å². The monoisotopic (exact) mass is 438 g/mol. The number of ether oxygens (including phenoxy) is 1. The molecule has 1 N–H and O–H groups in total. The Labute approximate surface area is 184 Å². The van der Waals surface area contributed by atoms with Crippen molar-refractivity contribution < 1.29 is 18.6 Å². The van der Waals surface area contributed by atoms with E-state index in [2.05, 4.69) is 0 Å². The zero-order chi connectivity index (χ0) is 22.7. The first-order chi connectivity index (χ1) is 15.5. The van der Waals surface area contributed by atoms with E-state index < -0.39 is 12.2 Å². The Hall–Kier alpha value is -3.29. The third kappa shape index (κ3) is 4.49. The zero-order valence-corrected chi connectivity index (χ0v) is 17.6. The van der Waals surface area contributed by atoms with Gasteiger partial charge in [-0.1, -0.05) is 36.4 Å². The molecule has 1 unspecified atom stereocenters. The number of imidazole rings is 1. The van der Waals surface area contributed by atoms with Gasteiger partial charge in [0.15, 0.2) is 0 Å². The average molecular weight is 438 g/mol. The molecule has 0 aliphatic heterocycles. The number of aliphatic hydroxyl groups is 1. The van der Waals surface area contributed by atoms with Crippen LogP contribution in [-0.4, -0.2) is 27.0 Å². The SMILES string of the molecule is CCn1c(=O)n(CC(O)COC(c2ccc(F)cc2)c2ccc(F)cc2)c2ccccc21. The summed E-state index contributed by atoms with van der Waals surface area (Å²) in [6.07, 6.45) is -1.59. The predicted octanol–water partition coefficient (Wildman–Crippen LogP) is 4.27. The van der Waals surface area contributed by atoms with Gasteiger partial charge in [0.2, 0.25) is 0 Å². The Morgan fingerprint density at radius 3 is 1.84 bits per heavy atom. The molecule has 3 aromatic carbocycles. The number of rotatable bonds is 8. The van der Waals surface area contributed by atoms with Gasteiger partial charge in [-0.2, -0.15) is 0 Å². The molecule has 0 amide bonds. The molecule has 1 aromatic heterocycles. The van der Waals surface area contributed by atoms with Gasteiger partial charge < -0.3 is 9.84 Å². The quantitative estimate of drug-likeness (QED) is 0.447. The fraction of sp³-hybridized carbons (Fsp3) is 0.240. The molecule has 4 aromatic rings. The third-order valence-corrected chi connectivity index (χ3v) is 5.44. The molecule has 166 valence electrons. The maximum absolute atomic E-state index is 13.4. The van der Waals surface area contributed by atoms with E-state index >= 15 is 0 Å². The van der Waals surface area contributed by atoms with Crippen molar-refractivity contribution in [3.63, 3.8) is 0 Å². The highest BCUT2D eigenvalue weighted by molar-refractivity contribution is 5.75. The maximum Gasteiger partial charge on any atom is 0.329 e. The summed E-state index contributed by atoms with van der Waals surface area (Å²) >= 11 is 0. The molecule has 0 saturated heterocycles. The van der Waals surface area contributed by atoms with E-state index in [-0.39, 0.29) is 30.5 Å². The van der Waals surface area contributed by atoms with Gasteiger partial charge in [0.05, 0.1) is 30.3 Å². The van der Waals surface area contributed by atoms with E-state index in [9.17, 15) is 18.7 Å². The van der Waals surface area contributed by atoms with Crippen molar-refractivity contribution in [2.24, 2.45) is 0 Å². The number of nitrogens with zero attached hydrogens (tertiary/aromatic N) is 2. The van der Waals surface area contributed by atoms with Crippen molar-refractivity contribution in [1.29, 1.82) is 0 Å². The lowest BCUT2D eigenvalue weighted by Gasteiger charge is -2.21. The standard InChI is InChI=1S/C25H24F2N2O3/c1-2-28-22-5-3-4-6-23(22)29(25(28)31)15-21(30)16-32-24(17-7-11-19(26)12-8-17)18-9-13-20(27)14-10-18/h3-14,21,24,30H,2,15-16H2,1H3. The second-order valence-corrected chi connectivity index (χ2v) is 7.60. The molecule has 7 heteroatoms. The molecule has 0 saturated carbocycles. The van der Waals surface area contributed by atoms with E-state index in [1.54, 1.807) is 28.8 Å². The summed E-state index contributed by atoms with van der Waals surface area (Å²) in [5.74, 6) is -0.753. The topological polar surface area (TPSA) is 56.4 Å². The van der Waals surface area contributed by atoms with Crippen molar-refractivity contribution in [3.05, 3.63) is 106 Å². The summed E-state index contributed by atoms with van der Waals surface area (Å²) in [6, 6.07) is 19.1. The van der Waals surface area contributed by atoms with Crippen molar-refractivity contribution in [2.45, 2.75) is 32.2 Å². The molecule has 0 radical (unpaired) electrons. The van der Waals surface area contributed by atoms with Crippen LogP contribution in [0.3, 0.4) is 0 Å². The number of aryl methyl sites for hydroxylation is 1. The Bertz CT molecular complexity index is 1200. The molecule has 4 rings (SSSR count). The van der Waals surface area contributed by atoms with Gasteiger partial charge in [0.1, 0.15) is 17.7 Å². The van der Waals surface area contributed by atoms with Crippen molar-refractivity contribution in [1.82, 2.24) is 9.13 Å². The van der Waals surface area contributed by atoms with E-state index in [4.69, 9.17) is 4.74 Å². The molecular formula is C25H24F2N2O3. The van der Waals surface area contributed by atoms with Gasteiger partial charge in [0, 0.05) is 6.54 Å². The van der Waals surface area contributed by atoms with Gasteiger partial charge in [-0.25, -0.2) is 13.6 Å². The highest BCUT2D eigenvalue weighted by atomic mass is 19.1. The smallest absolute Gasteiger partial charge is 0.329 e. The Morgan fingerprint density at radius 1 is 0.844 bits per heavy atom. The highest BCUT2D eigenvalue weighted by Gasteiger charge is 2.19. The minimum absolute atomic E-state index is 0.0614. The first-order valence-corrected chi connectivity index (χ1v) is 10.5. The molecule has 1 heterocycles. The van der Waals surface area contributed by atoms with Crippen LogP contribution in [0.2, 0.25) is 0 Å². The van der Waals surface area contributed by atoms with Gasteiger partial charge >= 0.3 is 5.69 Å². The molecule has 0 bridgehead atoms. The normalized spacial score (nSPS) is 12.5. The molecular weight excluding hydrogens is 414 g/mol. The zero-order valence-electron chi connectivity index (χ0n) is 17.6. The van der Waals surface area contributed by atoms with Crippen LogP contribution in [0.5, 0.6) is 0 Å². The molecule has 32 heavy (non-hydrogen) atoms. The number of aromatic nitrogens is 2. The summed E-state index contributed by atoms with van der Waals surface area (Å²) < 4.78 is 36.0. The summed E-state index contributed by atoms with van der Waals surface area (Å²) in [6.45, 7) is 2.41. The number of fused-ring (bicyclic) bond motifs is 1. The van der Waals surface area contributed by atoms with Gasteiger partial charge in [-0.15, -0.1) is 0 Å². The lowest BCUT2D eigenvalue weighted by Crippen LogP contribution is -2.31. The van der Waals surface area contributed by atoms with E-state index in [0.29, 0.717) is 17.7 Å². The van der Waals surface area contributed by atoms with Crippen LogP contribution in [0.1, 0.15) is 24.2 Å². The molecule has 0 aliphatic carbocycles. The van der Waals surface area contributed by atoms with Gasteiger partial charge in [-0.05, 0) is 54.4 Å². The maximum atomic E-state index is 13.4. The second kappa shape index (κ2) is 9.46. The molecule has 5 nitrogen and oxygen atoms in total. The number of para-hydroxylation sites is 2. The third-order valence-electron chi connectivity index (χ3n) is 5.44.